The Morgan fingerprint density at radius 1 is 0.400 bits per heavy atom. The molecular weight excluding hydrogens is 1070 g/mol. The van der Waals surface area contributed by atoms with Crippen molar-refractivity contribution in [3.63, 3.8) is 0 Å². The summed E-state index contributed by atoms with van der Waals surface area (Å²) in [5.41, 5.74) is 0. The van der Waals surface area contributed by atoms with Gasteiger partial charge < -0.3 is 28.8 Å². The van der Waals surface area contributed by atoms with Crippen LogP contribution < -0.4 is 10.2 Å². The van der Waals surface area contributed by atoms with Gasteiger partial charge in [0.1, 0.15) is 13.2 Å². The molecule has 3 unspecified atom stereocenters. The molecule has 0 saturated heterocycles. The van der Waals surface area contributed by atoms with Gasteiger partial charge in [0, 0.05) is 6.42 Å². The number of amides is 1. The third kappa shape index (κ3) is 70.3. The minimum Gasteiger partial charge on any atom is -0.756 e. The molecule has 0 aromatic carbocycles. The first kappa shape index (κ1) is 84.0. The van der Waals surface area contributed by atoms with Crippen molar-refractivity contribution in [3.05, 3.63) is 24.3 Å². The van der Waals surface area contributed by atoms with E-state index in [0.29, 0.717) is 17.4 Å². The number of phosphoric acid groups is 1. The van der Waals surface area contributed by atoms with Crippen LogP contribution in [0.25, 0.3) is 0 Å². The summed E-state index contributed by atoms with van der Waals surface area (Å²) < 4.78 is 23.5. The van der Waals surface area contributed by atoms with Gasteiger partial charge in [-0.1, -0.05) is 378 Å². The first-order valence-corrected chi connectivity index (χ1v) is 39.7. The first-order valence-electron chi connectivity index (χ1n) is 38.2. The van der Waals surface area contributed by atoms with E-state index in [2.05, 4.69) is 31.3 Å². The summed E-state index contributed by atoms with van der Waals surface area (Å²) in [4.78, 5) is 25.7. The number of aliphatic hydroxyl groups excluding tert-OH is 1. The Morgan fingerprint density at radius 2 is 0.647 bits per heavy atom. The van der Waals surface area contributed by atoms with Gasteiger partial charge in [0.2, 0.25) is 5.91 Å². The second kappa shape index (κ2) is 67.4. The average Bonchev–Trinajstić information content (AvgIpc) is 3.49. The van der Waals surface area contributed by atoms with Crippen molar-refractivity contribution in [3.8, 4) is 0 Å². The average molecular weight is 1220 g/mol. The molecule has 0 bridgehead atoms. The predicted octanol–water partition coefficient (Wildman–Crippen LogP) is 24.0. The number of hydrogen-bond donors (Lipinski definition) is 2. The second-order valence-corrected chi connectivity index (χ2v) is 29.1. The van der Waals surface area contributed by atoms with Gasteiger partial charge in [0.15, 0.2) is 0 Å². The van der Waals surface area contributed by atoms with Gasteiger partial charge in [-0.3, -0.25) is 9.36 Å². The van der Waals surface area contributed by atoms with Crippen LogP contribution in [0.4, 0.5) is 0 Å². The largest absolute Gasteiger partial charge is 0.756 e. The maximum Gasteiger partial charge on any atom is 0.268 e. The summed E-state index contributed by atoms with van der Waals surface area (Å²) in [5.74, 6) is -0.188. The lowest BCUT2D eigenvalue weighted by Crippen LogP contribution is -2.45. The molecule has 0 aromatic rings. The number of carbonyl (C=O) groups excluding carboxylic acids is 1. The Morgan fingerprint density at radius 3 is 0.918 bits per heavy atom. The Kier molecular flexibility index (Phi) is 66.6. The highest BCUT2D eigenvalue weighted by Crippen LogP contribution is 2.38. The molecule has 0 rings (SSSR count). The highest BCUT2D eigenvalue weighted by Gasteiger charge is 2.23. The lowest BCUT2D eigenvalue weighted by atomic mass is 10.0. The number of nitrogens with zero attached hydrogens (tertiary/aromatic N) is 1. The van der Waals surface area contributed by atoms with Gasteiger partial charge in [-0.15, -0.1) is 0 Å². The molecule has 0 heterocycles. The Labute approximate surface area is 532 Å². The summed E-state index contributed by atoms with van der Waals surface area (Å²) in [6.45, 7) is 4.72. The smallest absolute Gasteiger partial charge is 0.268 e. The Bertz CT molecular complexity index is 1430. The Balaban J connectivity index is 3.93. The molecule has 3 atom stereocenters. The molecule has 2 N–H and O–H groups in total. The highest BCUT2D eigenvalue weighted by molar-refractivity contribution is 7.45. The minimum atomic E-state index is -4.60. The van der Waals surface area contributed by atoms with Crippen molar-refractivity contribution in [2.75, 3.05) is 40.9 Å². The lowest BCUT2D eigenvalue weighted by molar-refractivity contribution is -0.870. The van der Waals surface area contributed by atoms with E-state index >= 15 is 0 Å². The van der Waals surface area contributed by atoms with Crippen molar-refractivity contribution in [2.45, 2.75) is 418 Å². The molecule has 0 aliphatic rings. The number of phosphoric ester groups is 1. The molecular formula is C76H151N2O6P. The number of rotatable bonds is 72. The molecule has 0 spiro atoms. The number of quaternary nitrogens is 1. The molecule has 85 heavy (non-hydrogen) atoms. The van der Waals surface area contributed by atoms with Crippen LogP contribution in [0.15, 0.2) is 24.3 Å². The predicted molar refractivity (Wildman–Crippen MR) is 372 cm³/mol. The molecule has 0 aromatic heterocycles. The van der Waals surface area contributed by atoms with Gasteiger partial charge in [0.05, 0.1) is 39.9 Å². The number of unbranched alkanes of at least 4 members (excludes halogenated alkanes) is 57. The summed E-state index contributed by atoms with van der Waals surface area (Å²) in [7, 11) is 1.28. The third-order valence-electron chi connectivity index (χ3n) is 17.9. The molecule has 8 nitrogen and oxygen atoms in total. The first-order chi connectivity index (χ1) is 41.5. The number of nitrogens with one attached hydrogen (secondary N) is 1. The van der Waals surface area contributed by atoms with E-state index in [0.717, 1.165) is 38.5 Å². The van der Waals surface area contributed by atoms with Crippen LogP contribution in [0, 0.1) is 0 Å². The molecule has 506 valence electrons. The van der Waals surface area contributed by atoms with Gasteiger partial charge in [0.25, 0.3) is 7.82 Å². The highest BCUT2D eigenvalue weighted by atomic mass is 31.2. The van der Waals surface area contributed by atoms with E-state index in [1.54, 1.807) is 6.08 Å². The number of hydrogen-bond acceptors (Lipinski definition) is 6. The van der Waals surface area contributed by atoms with E-state index in [4.69, 9.17) is 9.05 Å². The fraction of sp³-hybridized carbons (Fsp3) is 0.934. The zero-order valence-corrected chi connectivity index (χ0v) is 59.0. The normalized spacial score (nSPS) is 13.6. The summed E-state index contributed by atoms with van der Waals surface area (Å²) in [6.07, 6.45) is 89.1. The van der Waals surface area contributed by atoms with E-state index in [1.807, 2.05) is 27.2 Å². The second-order valence-electron chi connectivity index (χ2n) is 27.7. The number of likely N-dealkylation sites (N-methyl/N-ethyl adjacent to an activating group) is 1. The maximum atomic E-state index is 13.1. The SMILES string of the molecule is CCCCCCCCCCCCCCCCCCCC/C=C\CCCCCCCCCCCCCCCCCCCC(=O)NC(COP(=O)([O-])OCC[N+](C)(C)C)C(O)/C=C/CCCCCCCCCCCCCCCCCCCCCCCC. The molecule has 0 aliphatic heterocycles. The van der Waals surface area contributed by atoms with Crippen LogP contribution >= 0.6 is 7.82 Å². The van der Waals surface area contributed by atoms with Crippen molar-refractivity contribution in [1.82, 2.24) is 5.32 Å². The standard InChI is InChI=1S/C76H151N2O6P/c1-6-8-10-12-14-16-18-20-22-24-26-28-30-32-33-34-35-36-37-38-39-40-41-42-43-44-45-46-48-50-52-54-56-58-60-62-64-66-68-70-76(80)77-74(73-84-85(81,82)83-72-71-78(3,4)5)75(79)69-67-65-63-61-59-57-55-53-51-49-47-31-29-27-25-23-21-19-17-15-13-11-9-7-2/h38-39,67,69,74-75,79H,6-37,40-66,68,70-73H2,1-5H3,(H-,77,80,81,82)/b39-38-,69-67+. The quantitative estimate of drug-likeness (QED) is 0.0272. The van der Waals surface area contributed by atoms with Crippen LogP contribution in [-0.2, 0) is 18.4 Å². The van der Waals surface area contributed by atoms with E-state index in [9.17, 15) is 19.4 Å². The molecule has 1 amide bonds. The minimum absolute atomic E-state index is 0.00183. The monoisotopic (exact) mass is 1220 g/mol. The van der Waals surface area contributed by atoms with Gasteiger partial charge >= 0.3 is 0 Å². The van der Waals surface area contributed by atoms with E-state index in [1.165, 1.54) is 347 Å². The van der Waals surface area contributed by atoms with Crippen LogP contribution in [0.2, 0.25) is 0 Å². The number of aliphatic hydroxyl groups is 1. The van der Waals surface area contributed by atoms with Crippen LogP contribution in [-0.4, -0.2) is 68.5 Å². The maximum absolute atomic E-state index is 13.1. The zero-order valence-electron chi connectivity index (χ0n) is 58.1. The van der Waals surface area contributed by atoms with Crippen LogP contribution in [0.1, 0.15) is 406 Å². The van der Waals surface area contributed by atoms with Gasteiger partial charge in [-0.2, -0.15) is 0 Å². The fourth-order valence-electron chi connectivity index (χ4n) is 12.0. The zero-order chi connectivity index (χ0) is 61.9. The van der Waals surface area contributed by atoms with Crippen molar-refractivity contribution < 1.29 is 32.9 Å². The number of carbonyl (C=O) groups is 1. The van der Waals surface area contributed by atoms with Gasteiger partial charge in [-0.05, 0) is 44.9 Å². The van der Waals surface area contributed by atoms with Crippen molar-refractivity contribution in [2.24, 2.45) is 0 Å². The van der Waals surface area contributed by atoms with Gasteiger partial charge in [-0.25, -0.2) is 0 Å². The van der Waals surface area contributed by atoms with Crippen molar-refractivity contribution in [1.29, 1.82) is 0 Å². The molecule has 0 fully saturated rings. The summed E-state index contributed by atoms with van der Waals surface area (Å²) >= 11 is 0. The lowest BCUT2D eigenvalue weighted by Gasteiger charge is -2.29. The summed E-state index contributed by atoms with van der Waals surface area (Å²) in [5, 5.41) is 14.0. The van der Waals surface area contributed by atoms with Crippen LogP contribution in [0.5, 0.6) is 0 Å². The van der Waals surface area contributed by atoms with Crippen LogP contribution in [0.3, 0.4) is 0 Å². The number of allylic oxidation sites excluding steroid dienone is 3. The molecule has 0 aliphatic carbocycles. The molecule has 0 saturated carbocycles. The summed E-state index contributed by atoms with van der Waals surface area (Å²) in [6, 6.07) is -0.886. The van der Waals surface area contributed by atoms with Crippen molar-refractivity contribution >= 4 is 13.7 Å². The Hall–Kier alpha value is -1.02. The topological polar surface area (TPSA) is 108 Å². The van der Waals surface area contributed by atoms with E-state index in [-0.39, 0.29) is 19.1 Å². The molecule has 0 radical (unpaired) electrons. The fourth-order valence-corrected chi connectivity index (χ4v) is 12.7. The third-order valence-corrected chi connectivity index (χ3v) is 18.9. The van der Waals surface area contributed by atoms with E-state index < -0.39 is 20.0 Å². The molecule has 9 heteroatoms.